The Hall–Kier alpha value is -1.000. The number of benzene rings is 1. The fourth-order valence-electron chi connectivity index (χ4n) is 1.65. The van der Waals surface area contributed by atoms with Crippen molar-refractivity contribution < 1.29 is 9.52 Å². The molecule has 102 valence electrons. The lowest BCUT2D eigenvalue weighted by Crippen LogP contribution is -2.28. The minimum atomic E-state index is 0.0308. The van der Waals surface area contributed by atoms with Crippen molar-refractivity contribution in [2.45, 2.75) is 19.5 Å². The lowest BCUT2D eigenvalue weighted by Gasteiger charge is -2.08. The van der Waals surface area contributed by atoms with E-state index in [-0.39, 0.29) is 12.6 Å². The maximum atomic E-state index is 8.94. The van der Waals surface area contributed by atoms with E-state index in [1.165, 1.54) is 0 Å². The average Bonchev–Trinajstić information content (AvgIpc) is 2.87. The summed E-state index contributed by atoms with van der Waals surface area (Å²) in [6.07, 6.45) is 0. The van der Waals surface area contributed by atoms with Crippen LogP contribution >= 0.6 is 23.2 Å². The van der Waals surface area contributed by atoms with Crippen molar-refractivity contribution in [2.24, 2.45) is 0 Å². The van der Waals surface area contributed by atoms with Crippen LogP contribution in [0.1, 0.15) is 12.7 Å². The standard InChI is InChI=1S/C14H15Cl2NO2/c1-9(8-18)17-7-10-5-6-13(19-10)11-3-2-4-12(15)14(11)16/h2-6,9,17-18H,7-8H2,1H3/t9-/m1/s1. The molecule has 0 amide bonds. The number of nitrogens with one attached hydrogen (secondary N) is 1. The molecule has 19 heavy (non-hydrogen) atoms. The van der Waals surface area contributed by atoms with Gasteiger partial charge in [0.1, 0.15) is 11.5 Å². The fourth-order valence-corrected chi connectivity index (χ4v) is 2.04. The Morgan fingerprint density at radius 1 is 1.26 bits per heavy atom. The molecule has 0 aliphatic heterocycles. The normalized spacial score (nSPS) is 12.6. The summed E-state index contributed by atoms with van der Waals surface area (Å²) in [4.78, 5) is 0. The topological polar surface area (TPSA) is 45.4 Å². The van der Waals surface area contributed by atoms with E-state index in [0.717, 1.165) is 11.3 Å². The monoisotopic (exact) mass is 299 g/mol. The summed E-state index contributed by atoms with van der Waals surface area (Å²) in [6, 6.07) is 9.20. The number of hydrogen-bond donors (Lipinski definition) is 2. The molecule has 1 atom stereocenters. The van der Waals surface area contributed by atoms with Gasteiger partial charge in [-0.3, -0.25) is 0 Å². The van der Waals surface area contributed by atoms with Crippen LogP contribution in [-0.4, -0.2) is 17.8 Å². The molecule has 0 saturated carbocycles. The highest BCUT2D eigenvalue weighted by atomic mass is 35.5. The highest BCUT2D eigenvalue weighted by Gasteiger charge is 2.11. The number of aliphatic hydroxyl groups excluding tert-OH is 1. The molecule has 5 heteroatoms. The number of hydrogen-bond acceptors (Lipinski definition) is 3. The molecular formula is C14H15Cl2NO2. The zero-order valence-electron chi connectivity index (χ0n) is 10.5. The van der Waals surface area contributed by atoms with Crippen LogP contribution in [0, 0.1) is 0 Å². The first-order chi connectivity index (χ1) is 9.11. The molecule has 1 heterocycles. The molecule has 1 aromatic carbocycles. The quantitative estimate of drug-likeness (QED) is 0.884. The molecule has 0 saturated heterocycles. The Balaban J connectivity index is 2.14. The molecule has 2 aromatic rings. The number of halogens is 2. The molecule has 0 bridgehead atoms. The third-order valence-corrected chi connectivity index (χ3v) is 3.60. The minimum Gasteiger partial charge on any atom is -0.460 e. The summed E-state index contributed by atoms with van der Waals surface area (Å²) in [6.45, 7) is 2.55. The van der Waals surface area contributed by atoms with Gasteiger partial charge in [-0.1, -0.05) is 29.3 Å². The Labute approximate surface area is 122 Å². The van der Waals surface area contributed by atoms with E-state index in [2.05, 4.69) is 5.32 Å². The van der Waals surface area contributed by atoms with E-state index >= 15 is 0 Å². The number of furan rings is 1. The van der Waals surface area contributed by atoms with Gasteiger partial charge >= 0.3 is 0 Å². The van der Waals surface area contributed by atoms with Gasteiger partial charge in [0, 0.05) is 11.6 Å². The number of aliphatic hydroxyl groups is 1. The molecule has 2 N–H and O–H groups in total. The lowest BCUT2D eigenvalue weighted by molar-refractivity contribution is 0.248. The summed E-state index contributed by atoms with van der Waals surface area (Å²) in [7, 11) is 0. The Morgan fingerprint density at radius 2 is 2.05 bits per heavy atom. The predicted octanol–water partition coefficient (Wildman–Crippen LogP) is 3.72. The van der Waals surface area contributed by atoms with Crippen LogP contribution in [0.5, 0.6) is 0 Å². The van der Waals surface area contributed by atoms with Gasteiger partial charge in [0.25, 0.3) is 0 Å². The van der Waals surface area contributed by atoms with Crippen LogP contribution in [-0.2, 0) is 6.54 Å². The summed E-state index contributed by atoms with van der Waals surface area (Å²) < 4.78 is 5.71. The minimum absolute atomic E-state index is 0.0308. The molecule has 1 aromatic heterocycles. The van der Waals surface area contributed by atoms with E-state index in [9.17, 15) is 0 Å². The molecule has 0 radical (unpaired) electrons. The van der Waals surface area contributed by atoms with Gasteiger partial charge in [-0.2, -0.15) is 0 Å². The third-order valence-electron chi connectivity index (χ3n) is 2.78. The Kier molecular flexibility index (Phi) is 4.88. The van der Waals surface area contributed by atoms with Crippen molar-refractivity contribution in [2.75, 3.05) is 6.61 Å². The molecule has 0 aliphatic rings. The summed E-state index contributed by atoms with van der Waals surface area (Å²) >= 11 is 12.1. The van der Waals surface area contributed by atoms with Gasteiger partial charge in [0.2, 0.25) is 0 Å². The van der Waals surface area contributed by atoms with Crippen LogP contribution in [0.2, 0.25) is 10.0 Å². The van der Waals surface area contributed by atoms with Gasteiger partial charge in [-0.05, 0) is 31.2 Å². The van der Waals surface area contributed by atoms with Crippen molar-refractivity contribution in [3.05, 3.63) is 46.1 Å². The fraction of sp³-hybridized carbons (Fsp3) is 0.286. The maximum absolute atomic E-state index is 8.94. The van der Waals surface area contributed by atoms with Crippen LogP contribution < -0.4 is 5.32 Å². The second kappa shape index (κ2) is 6.44. The zero-order valence-corrected chi connectivity index (χ0v) is 12.0. The van der Waals surface area contributed by atoms with Crippen molar-refractivity contribution in [1.82, 2.24) is 5.32 Å². The van der Waals surface area contributed by atoms with Gasteiger partial charge in [-0.15, -0.1) is 0 Å². The summed E-state index contributed by atoms with van der Waals surface area (Å²) in [5.41, 5.74) is 0.774. The highest BCUT2D eigenvalue weighted by Crippen LogP contribution is 2.34. The largest absolute Gasteiger partial charge is 0.460 e. The SMILES string of the molecule is C[C@H](CO)NCc1ccc(-c2cccc(Cl)c2Cl)o1. The van der Waals surface area contributed by atoms with Crippen molar-refractivity contribution in [3.63, 3.8) is 0 Å². The van der Waals surface area contributed by atoms with Crippen molar-refractivity contribution in [3.8, 4) is 11.3 Å². The van der Waals surface area contributed by atoms with Gasteiger partial charge in [0.05, 0.1) is 23.2 Å². The summed E-state index contributed by atoms with van der Waals surface area (Å²) in [5.74, 6) is 1.47. The third kappa shape index (κ3) is 3.51. The van der Waals surface area contributed by atoms with E-state index in [4.69, 9.17) is 32.7 Å². The van der Waals surface area contributed by atoms with E-state index < -0.39 is 0 Å². The zero-order chi connectivity index (χ0) is 13.8. The smallest absolute Gasteiger partial charge is 0.135 e. The Bertz CT molecular complexity index is 554. The maximum Gasteiger partial charge on any atom is 0.135 e. The van der Waals surface area contributed by atoms with Crippen LogP contribution in [0.25, 0.3) is 11.3 Å². The molecule has 3 nitrogen and oxygen atoms in total. The first kappa shape index (κ1) is 14.4. The van der Waals surface area contributed by atoms with Crippen molar-refractivity contribution >= 4 is 23.2 Å². The van der Waals surface area contributed by atoms with Gasteiger partial charge in [-0.25, -0.2) is 0 Å². The second-order valence-corrected chi connectivity index (χ2v) is 5.12. The average molecular weight is 300 g/mol. The van der Waals surface area contributed by atoms with Gasteiger partial charge in [0.15, 0.2) is 0 Å². The van der Waals surface area contributed by atoms with Crippen LogP contribution in [0.3, 0.4) is 0 Å². The van der Waals surface area contributed by atoms with E-state index in [1.807, 2.05) is 31.2 Å². The lowest BCUT2D eigenvalue weighted by atomic mass is 10.2. The molecule has 0 fully saturated rings. The van der Waals surface area contributed by atoms with E-state index in [1.54, 1.807) is 6.07 Å². The number of rotatable bonds is 5. The first-order valence-corrected chi connectivity index (χ1v) is 6.74. The molecule has 0 spiro atoms. The molecule has 2 rings (SSSR count). The highest BCUT2D eigenvalue weighted by molar-refractivity contribution is 6.43. The van der Waals surface area contributed by atoms with Crippen molar-refractivity contribution in [1.29, 1.82) is 0 Å². The molecule has 0 unspecified atom stereocenters. The first-order valence-electron chi connectivity index (χ1n) is 5.99. The van der Waals surface area contributed by atoms with Crippen LogP contribution in [0.15, 0.2) is 34.7 Å². The Morgan fingerprint density at radius 3 is 2.79 bits per heavy atom. The van der Waals surface area contributed by atoms with Gasteiger partial charge < -0.3 is 14.8 Å². The van der Waals surface area contributed by atoms with Crippen LogP contribution in [0.4, 0.5) is 0 Å². The molecular weight excluding hydrogens is 285 g/mol. The molecule has 0 aliphatic carbocycles. The predicted molar refractivity (Wildman–Crippen MR) is 77.6 cm³/mol. The second-order valence-electron chi connectivity index (χ2n) is 4.33. The summed E-state index contributed by atoms with van der Waals surface area (Å²) in [5, 5.41) is 13.1. The van der Waals surface area contributed by atoms with E-state index in [0.29, 0.717) is 22.4 Å².